The maximum Gasteiger partial charge on any atom is 0.142 e. The van der Waals surface area contributed by atoms with Crippen LogP contribution in [-0.4, -0.2) is 26.7 Å². The highest BCUT2D eigenvalue weighted by atomic mass is 16.5. The second-order valence-corrected chi connectivity index (χ2v) is 4.11. The van der Waals surface area contributed by atoms with Crippen molar-refractivity contribution in [1.82, 2.24) is 5.32 Å². The summed E-state index contributed by atoms with van der Waals surface area (Å²) in [6.45, 7) is 9.31. The van der Waals surface area contributed by atoms with Gasteiger partial charge in [-0.15, -0.1) is 0 Å². The lowest BCUT2D eigenvalue weighted by atomic mass is 10.0. The molecule has 1 rings (SSSR count). The Bertz CT molecular complexity index is 350. The van der Waals surface area contributed by atoms with Gasteiger partial charge in [-0.3, -0.25) is 0 Å². The fourth-order valence-corrected chi connectivity index (χ4v) is 1.88. The Labute approximate surface area is 105 Å². The second-order valence-electron chi connectivity index (χ2n) is 4.11. The number of ether oxygens (including phenoxy) is 1. The first-order chi connectivity index (χ1) is 8.22. The molecule has 96 valence electrons. The van der Waals surface area contributed by atoms with Gasteiger partial charge in [0, 0.05) is 13.1 Å². The first-order valence-electron chi connectivity index (χ1n) is 6.35. The van der Waals surface area contributed by atoms with Crippen molar-refractivity contribution in [3.8, 4) is 5.75 Å². The number of hydrogen-bond donors (Lipinski definition) is 2. The first kappa shape index (κ1) is 13.8. The monoisotopic (exact) mass is 236 g/mol. The molecule has 0 saturated carbocycles. The Morgan fingerprint density at radius 3 is 2.53 bits per heavy atom. The van der Waals surface area contributed by atoms with E-state index in [1.54, 1.807) is 7.11 Å². The van der Waals surface area contributed by atoms with Gasteiger partial charge < -0.3 is 15.4 Å². The summed E-state index contributed by atoms with van der Waals surface area (Å²) in [6.07, 6.45) is 1.05. The van der Waals surface area contributed by atoms with Gasteiger partial charge in [-0.25, -0.2) is 0 Å². The lowest BCUT2D eigenvalue weighted by Gasteiger charge is -2.14. The predicted octanol–water partition coefficient (Wildman–Crippen LogP) is 2.59. The molecular formula is C14H24N2O. The van der Waals surface area contributed by atoms with Crippen molar-refractivity contribution < 1.29 is 4.74 Å². The Morgan fingerprint density at radius 2 is 1.94 bits per heavy atom. The Hall–Kier alpha value is -1.22. The van der Waals surface area contributed by atoms with E-state index in [0.717, 1.165) is 37.5 Å². The average molecular weight is 236 g/mol. The van der Waals surface area contributed by atoms with Gasteiger partial charge in [0.1, 0.15) is 5.75 Å². The molecule has 0 fully saturated rings. The average Bonchev–Trinajstić information content (AvgIpc) is 2.35. The van der Waals surface area contributed by atoms with E-state index in [0.29, 0.717) is 0 Å². The zero-order valence-corrected chi connectivity index (χ0v) is 11.4. The van der Waals surface area contributed by atoms with Crippen molar-refractivity contribution in [2.45, 2.75) is 27.2 Å². The molecule has 0 radical (unpaired) electrons. The Morgan fingerprint density at radius 1 is 1.18 bits per heavy atom. The third-order valence-electron chi connectivity index (χ3n) is 2.91. The molecule has 0 saturated heterocycles. The van der Waals surface area contributed by atoms with Gasteiger partial charge in [0.25, 0.3) is 0 Å². The molecule has 0 aliphatic heterocycles. The molecule has 3 heteroatoms. The van der Waals surface area contributed by atoms with Crippen LogP contribution in [-0.2, 0) is 6.42 Å². The summed E-state index contributed by atoms with van der Waals surface area (Å²) in [5, 5.41) is 6.71. The van der Waals surface area contributed by atoms with Gasteiger partial charge in [-0.2, -0.15) is 0 Å². The highest BCUT2D eigenvalue weighted by Gasteiger charge is 2.06. The molecule has 0 bridgehead atoms. The molecule has 17 heavy (non-hydrogen) atoms. The van der Waals surface area contributed by atoms with Gasteiger partial charge in [-0.05, 0) is 43.1 Å². The molecule has 0 amide bonds. The van der Waals surface area contributed by atoms with Gasteiger partial charge in [0.05, 0.1) is 12.8 Å². The highest BCUT2D eigenvalue weighted by molar-refractivity contribution is 5.60. The van der Waals surface area contributed by atoms with Gasteiger partial charge in [-0.1, -0.05) is 13.8 Å². The van der Waals surface area contributed by atoms with Crippen LogP contribution in [0.25, 0.3) is 0 Å². The zero-order chi connectivity index (χ0) is 12.7. The fraction of sp³-hybridized carbons (Fsp3) is 0.571. The van der Waals surface area contributed by atoms with Crippen LogP contribution in [0, 0.1) is 6.92 Å². The number of benzene rings is 1. The fourth-order valence-electron chi connectivity index (χ4n) is 1.88. The van der Waals surface area contributed by atoms with E-state index in [9.17, 15) is 0 Å². The second kappa shape index (κ2) is 7.17. The summed E-state index contributed by atoms with van der Waals surface area (Å²) in [5.41, 5.74) is 3.76. The van der Waals surface area contributed by atoms with Crippen LogP contribution >= 0.6 is 0 Å². The van der Waals surface area contributed by atoms with E-state index in [4.69, 9.17) is 4.74 Å². The van der Waals surface area contributed by atoms with Crippen molar-refractivity contribution in [3.05, 3.63) is 23.3 Å². The van der Waals surface area contributed by atoms with E-state index in [2.05, 4.69) is 43.5 Å². The predicted molar refractivity (Wildman–Crippen MR) is 74.1 cm³/mol. The molecule has 1 aromatic rings. The minimum absolute atomic E-state index is 0.913. The Balaban J connectivity index is 2.74. The molecule has 0 spiro atoms. The number of rotatable bonds is 7. The van der Waals surface area contributed by atoms with Crippen LogP contribution < -0.4 is 15.4 Å². The van der Waals surface area contributed by atoms with Crippen LogP contribution in [0.4, 0.5) is 5.69 Å². The van der Waals surface area contributed by atoms with Crippen LogP contribution in [0.5, 0.6) is 5.75 Å². The molecule has 0 aliphatic carbocycles. The van der Waals surface area contributed by atoms with E-state index < -0.39 is 0 Å². The zero-order valence-electron chi connectivity index (χ0n) is 11.4. The third kappa shape index (κ3) is 3.93. The van der Waals surface area contributed by atoms with Gasteiger partial charge >= 0.3 is 0 Å². The van der Waals surface area contributed by atoms with Crippen LogP contribution in [0.2, 0.25) is 0 Å². The quantitative estimate of drug-likeness (QED) is 0.714. The van der Waals surface area contributed by atoms with E-state index >= 15 is 0 Å². The van der Waals surface area contributed by atoms with Gasteiger partial charge in [0.15, 0.2) is 0 Å². The lowest BCUT2D eigenvalue weighted by molar-refractivity contribution is 0.416. The number of hydrogen-bond acceptors (Lipinski definition) is 3. The summed E-state index contributed by atoms with van der Waals surface area (Å²) in [6, 6.07) is 4.30. The number of aryl methyl sites for hydroxylation is 2. The summed E-state index contributed by atoms with van der Waals surface area (Å²) >= 11 is 0. The van der Waals surface area contributed by atoms with Crippen molar-refractivity contribution >= 4 is 5.69 Å². The lowest BCUT2D eigenvalue weighted by Crippen LogP contribution is -2.21. The van der Waals surface area contributed by atoms with Gasteiger partial charge in [0.2, 0.25) is 0 Å². The molecular weight excluding hydrogens is 212 g/mol. The summed E-state index contributed by atoms with van der Waals surface area (Å²) in [7, 11) is 1.72. The minimum atomic E-state index is 0.913. The number of anilines is 1. The molecule has 0 aromatic heterocycles. The number of likely N-dealkylation sites (N-methyl/N-ethyl adjacent to an activating group) is 1. The standard InChI is InChI=1S/C14H24N2O/c1-5-12-10-13(16-8-7-15-6-2)14(17-4)9-11(12)3/h9-10,15-16H,5-8H2,1-4H3. The first-order valence-corrected chi connectivity index (χ1v) is 6.35. The third-order valence-corrected chi connectivity index (χ3v) is 2.91. The highest BCUT2D eigenvalue weighted by Crippen LogP contribution is 2.28. The molecule has 0 atom stereocenters. The summed E-state index contributed by atoms with van der Waals surface area (Å²) in [4.78, 5) is 0. The van der Waals surface area contributed by atoms with Crippen LogP contribution in [0.15, 0.2) is 12.1 Å². The molecule has 0 aliphatic rings. The summed E-state index contributed by atoms with van der Waals surface area (Å²) < 4.78 is 5.40. The Kier molecular flexibility index (Phi) is 5.84. The summed E-state index contributed by atoms with van der Waals surface area (Å²) in [5.74, 6) is 0.927. The van der Waals surface area contributed by atoms with E-state index in [-0.39, 0.29) is 0 Å². The van der Waals surface area contributed by atoms with Crippen molar-refractivity contribution in [3.63, 3.8) is 0 Å². The smallest absolute Gasteiger partial charge is 0.142 e. The van der Waals surface area contributed by atoms with Crippen LogP contribution in [0.3, 0.4) is 0 Å². The number of methoxy groups -OCH3 is 1. The minimum Gasteiger partial charge on any atom is -0.495 e. The topological polar surface area (TPSA) is 33.3 Å². The molecule has 2 N–H and O–H groups in total. The van der Waals surface area contributed by atoms with E-state index in [1.807, 2.05) is 0 Å². The molecule has 3 nitrogen and oxygen atoms in total. The van der Waals surface area contributed by atoms with Crippen LogP contribution in [0.1, 0.15) is 25.0 Å². The maximum atomic E-state index is 5.40. The maximum absolute atomic E-state index is 5.40. The molecule has 0 heterocycles. The molecule has 1 aromatic carbocycles. The van der Waals surface area contributed by atoms with Crippen molar-refractivity contribution in [2.24, 2.45) is 0 Å². The number of nitrogens with one attached hydrogen (secondary N) is 2. The normalized spacial score (nSPS) is 10.4. The SMILES string of the molecule is CCNCCNc1cc(CC)c(C)cc1OC. The van der Waals surface area contributed by atoms with Crippen molar-refractivity contribution in [2.75, 3.05) is 32.1 Å². The molecule has 0 unspecified atom stereocenters. The van der Waals surface area contributed by atoms with E-state index in [1.165, 1.54) is 11.1 Å². The van der Waals surface area contributed by atoms with Crippen molar-refractivity contribution in [1.29, 1.82) is 0 Å². The largest absolute Gasteiger partial charge is 0.495 e.